The minimum absolute atomic E-state index is 0.0521. The molecular weight excluding hydrogens is 490 g/mol. The molecule has 2 aromatic rings. The van der Waals surface area contributed by atoms with E-state index in [1.165, 1.54) is 30.5 Å². The number of hydrogen-bond acceptors (Lipinski definition) is 5. The molecule has 2 amide bonds. The molecule has 3 N–H and O–H groups in total. The number of anilines is 1. The molecule has 2 aromatic carbocycles. The van der Waals surface area contributed by atoms with E-state index < -0.39 is 5.60 Å². The van der Waals surface area contributed by atoms with E-state index in [0.29, 0.717) is 18.3 Å². The Bertz CT molecular complexity index is 1360. The van der Waals surface area contributed by atoms with E-state index in [1.54, 1.807) is 0 Å². The number of fused-ring (bicyclic) bond motifs is 2. The molecule has 2 aliphatic heterocycles. The van der Waals surface area contributed by atoms with Gasteiger partial charge in [-0.2, -0.15) is 0 Å². The number of hydrogen-bond donors (Lipinski definition) is 3. The van der Waals surface area contributed by atoms with Crippen molar-refractivity contribution in [3.8, 4) is 11.5 Å². The van der Waals surface area contributed by atoms with Gasteiger partial charge in [0, 0.05) is 54.2 Å². The largest absolute Gasteiger partial charge is 0.504 e. The molecule has 4 saturated carbocycles. The SMILES string of the molecule is COC12CC[C@@]3(CC1CNC(=O)Nc1cccc(C)c1)[C@H]1Cc4ccc(O)c5c4[C@@]3(CCN1CC1CC1)C2O5. The van der Waals surface area contributed by atoms with Gasteiger partial charge in [0.25, 0.3) is 0 Å². The summed E-state index contributed by atoms with van der Waals surface area (Å²) in [5.74, 6) is 1.92. The van der Waals surface area contributed by atoms with Crippen molar-refractivity contribution in [2.75, 3.05) is 32.1 Å². The van der Waals surface area contributed by atoms with Gasteiger partial charge in [0.1, 0.15) is 11.7 Å². The molecule has 3 unspecified atom stereocenters. The quantitative estimate of drug-likeness (QED) is 0.503. The number of benzene rings is 2. The number of amides is 2. The maximum Gasteiger partial charge on any atom is 0.319 e. The number of aryl methyl sites for hydroxylation is 1. The van der Waals surface area contributed by atoms with E-state index in [1.807, 2.05) is 44.4 Å². The van der Waals surface area contributed by atoms with Gasteiger partial charge in [-0.3, -0.25) is 4.90 Å². The molecule has 5 fully saturated rings. The Balaban J connectivity index is 1.16. The highest BCUT2D eigenvalue weighted by Gasteiger charge is 2.80. The van der Waals surface area contributed by atoms with Crippen molar-refractivity contribution in [2.45, 2.75) is 75.0 Å². The number of carbonyl (C=O) groups excluding carboxylic acids is 1. The summed E-state index contributed by atoms with van der Waals surface area (Å²) in [6, 6.07) is 12.1. The zero-order chi connectivity index (χ0) is 26.6. The van der Waals surface area contributed by atoms with Crippen LogP contribution >= 0.6 is 0 Å². The first kappa shape index (κ1) is 24.1. The van der Waals surface area contributed by atoms with Gasteiger partial charge in [-0.1, -0.05) is 18.2 Å². The number of rotatable bonds is 6. The van der Waals surface area contributed by atoms with E-state index in [0.717, 1.165) is 55.8 Å². The summed E-state index contributed by atoms with van der Waals surface area (Å²) in [7, 11) is 1.82. The molecule has 206 valence electrons. The summed E-state index contributed by atoms with van der Waals surface area (Å²) in [4.78, 5) is 15.8. The fraction of sp³-hybridized carbons (Fsp3) is 0.594. The van der Waals surface area contributed by atoms with Gasteiger partial charge in [0.05, 0.1) is 0 Å². The van der Waals surface area contributed by atoms with Crippen molar-refractivity contribution in [2.24, 2.45) is 17.3 Å². The fourth-order valence-corrected chi connectivity index (χ4v) is 9.90. The van der Waals surface area contributed by atoms with E-state index in [9.17, 15) is 9.90 Å². The zero-order valence-corrected chi connectivity index (χ0v) is 23.0. The summed E-state index contributed by atoms with van der Waals surface area (Å²) in [5.41, 5.74) is 3.94. The third-order valence-electron chi connectivity index (χ3n) is 11.6. The minimum Gasteiger partial charge on any atom is -0.504 e. The average Bonchev–Trinajstić information content (AvgIpc) is 3.67. The number of methoxy groups -OCH3 is 1. The number of phenolic OH excluding ortho intramolecular Hbond substituents is 1. The molecule has 7 nitrogen and oxygen atoms in total. The first-order valence-electron chi connectivity index (χ1n) is 14.8. The van der Waals surface area contributed by atoms with E-state index in [-0.39, 0.29) is 34.6 Å². The van der Waals surface area contributed by atoms with Crippen LogP contribution in [0.4, 0.5) is 10.5 Å². The number of nitrogens with one attached hydrogen (secondary N) is 2. The number of aromatic hydroxyl groups is 1. The number of carbonyl (C=O) groups is 1. The van der Waals surface area contributed by atoms with Gasteiger partial charge in [-0.05, 0) is 93.7 Å². The maximum atomic E-state index is 13.0. The second kappa shape index (κ2) is 8.14. The lowest BCUT2D eigenvalue weighted by Crippen LogP contribution is -2.81. The molecule has 5 aliphatic carbocycles. The van der Waals surface area contributed by atoms with Crippen molar-refractivity contribution in [3.05, 3.63) is 53.1 Å². The minimum atomic E-state index is -0.512. The first-order valence-corrected chi connectivity index (χ1v) is 14.8. The van der Waals surface area contributed by atoms with Crippen LogP contribution < -0.4 is 15.4 Å². The molecule has 1 saturated heterocycles. The summed E-state index contributed by atoms with van der Waals surface area (Å²) in [6.07, 6.45) is 7.65. The average molecular weight is 530 g/mol. The lowest BCUT2D eigenvalue weighted by atomic mass is 9.35. The van der Waals surface area contributed by atoms with E-state index in [4.69, 9.17) is 9.47 Å². The van der Waals surface area contributed by atoms with Crippen LogP contribution in [0.1, 0.15) is 55.2 Å². The lowest BCUT2D eigenvalue weighted by Gasteiger charge is -2.74. The smallest absolute Gasteiger partial charge is 0.319 e. The highest BCUT2D eigenvalue weighted by atomic mass is 16.6. The maximum absolute atomic E-state index is 13.0. The molecule has 6 atom stereocenters. The van der Waals surface area contributed by atoms with Gasteiger partial charge in [-0.25, -0.2) is 4.79 Å². The Morgan fingerprint density at radius 1 is 1.21 bits per heavy atom. The Kier molecular flexibility index (Phi) is 5.02. The molecule has 4 bridgehead atoms. The summed E-state index contributed by atoms with van der Waals surface area (Å²) in [5, 5.41) is 17.2. The van der Waals surface area contributed by atoms with Crippen LogP contribution in [0.3, 0.4) is 0 Å². The molecule has 0 radical (unpaired) electrons. The molecule has 0 aromatic heterocycles. The highest BCUT2D eigenvalue weighted by Crippen LogP contribution is 2.76. The lowest BCUT2D eigenvalue weighted by molar-refractivity contribution is -0.275. The summed E-state index contributed by atoms with van der Waals surface area (Å²) >= 11 is 0. The van der Waals surface area contributed by atoms with Gasteiger partial charge >= 0.3 is 6.03 Å². The predicted octanol–water partition coefficient (Wildman–Crippen LogP) is 4.75. The standard InChI is InChI=1S/C32H39N3O4/c1-19-4-3-5-23(14-19)34-29(37)33-17-22-16-30-10-11-32(22,38-2)28-31(30)12-13-35(18-20-6-7-20)25(30)15-21-8-9-24(36)27(39-28)26(21)31/h3-5,8-9,14,20,22,25,28,36H,6-7,10-13,15-18H2,1-2H3,(H2,33,34,37)/t22?,25-,28?,30-,31+,32?/m1/s1. The predicted molar refractivity (Wildman–Crippen MR) is 148 cm³/mol. The van der Waals surface area contributed by atoms with Crippen LogP contribution in [-0.2, 0) is 16.6 Å². The molecule has 2 heterocycles. The Hall–Kier alpha value is -2.77. The van der Waals surface area contributed by atoms with Crippen LogP contribution in [0, 0.1) is 24.2 Å². The van der Waals surface area contributed by atoms with Gasteiger partial charge in [-0.15, -0.1) is 0 Å². The summed E-state index contributed by atoms with van der Waals surface area (Å²) < 4.78 is 13.4. The normalized spacial score (nSPS) is 37.2. The van der Waals surface area contributed by atoms with E-state index in [2.05, 4.69) is 21.6 Å². The Morgan fingerprint density at radius 2 is 2.08 bits per heavy atom. The van der Waals surface area contributed by atoms with Crippen LogP contribution in [-0.4, -0.2) is 60.5 Å². The van der Waals surface area contributed by atoms with Crippen molar-refractivity contribution in [1.82, 2.24) is 10.2 Å². The molecule has 39 heavy (non-hydrogen) atoms. The number of urea groups is 1. The number of piperidine rings is 1. The van der Waals surface area contributed by atoms with Crippen LogP contribution in [0.2, 0.25) is 0 Å². The first-order chi connectivity index (χ1) is 18.9. The van der Waals surface area contributed by atoms with Crippen LogP contribution in [0.15, 0.2) is 36.4 Å². The molecule has 9 rings (SSSR count). The van der Waals surface area contributed by atoms with Gasteiger partial charge < -0.3 is 25.2 Å². The summed E-state index contributed by atoms with van der Waals surface area (Å²) in [6.45, 7) is 4.84. The molecule has 7 aliphatic rings. The molecular formula is C32H39N3O4. The molecule has 2 spiro atoms. The number of nitrogens with zero attached hydrogens (tertiary/aromatic N) is 1. The highest BCUT2D eigenvalue weighted by molar-refractivity contribution is 5.89. The van der Waals surface area contributed by atoms with Crippen LogP contribution in [0.25, 0.3) is 0 Å². The second-order valence-electron chi connectivity index (χ2n) is 13.2. The number of likely N-dealkylation sites (tertiary alicyclic amines) is 1. The van der Waals surface area contributed by atoms with Crippen LogP contribution in [0.5, 0.6) is 11.5 Å². The van der Waals surface area contributed by atoms with Gasteiger partial charge in [0.15, 0.2) is 11.5 Å². The third kappa shape index (κ3) is 3.09. The monoisotopic (exact) mass is 529 g/mol. The van der Waals surface area contributed by atoms with Crippen molar-refractivity contribution in [3.63, 3.8) is 0 Å². The number of ether oxygens (including phenoxy) is 2. The topological polar surface area (TPSA) is 83.1 Å². The van der Waals surface area contributed by atoms with Gasteiger partial charge in [0.2, 0.25) is 0 Å². The Labute approximate surface area is 230 Å². The second-order valence-corrected chi connectivity index (χ2v) is 13.2. The Morgan fingerprint density at radius 3 is 2.87 bits per heavy atom. The molecule has 7 heteroatoms. The number of phenols is 1. The van der Waals surface area contributed by atoms with E-state index >= 15 is 0 Å². The van der Waals surface area contributed by atoms with Crippen molar-refractivity contribution in [1.29, 1.82) is 0 Å². The third-order valence-corrected chi connectivity index (χ3v) is 11.6. The fourth-order valence-electron chi connectivity index (χ4n) is 9.90. The van der Waals surface area contributed by atoms with Crippen molar-refractivity contribution >= 4 is 11.7 Å². The van der Waals surface area contributed by atoms with Crippen molar-refractivity contribution < 1.29 is 19.4 Å². The zero-order valence-electron chi connectivity index (χ0n) is 23.0.